The van der Waals surface area contributed by atoms with E-state index in [1.807, 2.05) is 0 Å². The minimum atomic E-state index is 1.40. The van der Waals surface area contributed by atoms with Crippen LogP contribution in [0.15, 0.2) is 0 Å². The fourth-order valence-corrected chi connectivity index (χ4v) is 1.16. The number of nitrogens with zero attached hydrogens (tertiary/aromatic N) is 1. The number of likely N-dealkylation sites (tertiary alicyclic amines) is 1. The molecule has 0 bridgehead atoms. The highest BCUT2D eigenvalue weighted by molar-refractivity contribution is 4.42. The lowest BCUT2D eigenvalue weighted by Gasteiger charge is -2.17. The molecule has 0 saturated carbocycles. The number of quaternary nitrogens is 1. The van der Waals surface area contributed by atoms with Crippen LogP contribution < -0.4 is 4.90 Å². The van der Waals surface area contributed by atoms with Crippen LogP contribution in [0.2, 0.25) is 0 Å². The Kier molecular flexibility index (Phi) is 5.24. The van der Waals surface area contributed by atoms with E-state index < -0.39 is 0 Å². The highest BCUT2D eigenvalue weighted by Gasteiger charge is 2.05. The number of hydrogen-bond acceptors (Lipinski definition) is 1. The standard InChI is InChI=1S/C6H13N.CN/c1-7-5-3-2-4-6-7;1-2/h2-6H2,1H3;/q;-1/p+1. The first-order valence-electron chi connectivity index (χ1n) is 3.43. The molecule has 2 heteroatoms. The molecule has 2 nitrogen and oxygen atoms in total. The molecular weight excluding hydrogens is 112 g/mol. The highest BCUT2D eigenvalue weighted by Crippen LogP contribution is 1.92. The van der Waals surface area contributed by atoms with Gasteiger partial charge in [-0.3, -0.25) is 0 Å². The highest BCUT2D eigenvalue weighted by atomic mass is 15.1. The van der Waals surface area contributed by atoms with Crippen LogP contribution in [0.4, 0.5) is 0 Å². The maximum absolute atomic E-state index is 6.25. The van der Waals surface area contributed by atoms with Gasteiger partial charge < -0.3 is 16.7 Å². The summed E-state index contributed by atoms with van der Waals surface area (Å²) in [5.74, 6) is 0. The minimum absolute atomic E-state index is 1.40. The third-order valence-electron chi connectivity index (χ3n) is 1.71. The lowest BCUT2D eigenvalue weighted by atomic mass is 10.1. The molecule has 1 heterocycles. The summed E-state index contributed by atoms with van der Waals surface area (Å²) in [6.45, 7) is 7.56. The number of nitrogens with one attached hydrogen (secondary N) is 1. The lowest BCUT2D eigenvalue weighted by Crippen LogP contribution is -3.09. The summed E-state index contributed by atoms with van der Waals surface area (Å²) in [6.07, 6.45) is 4.37. The van der Waals surface area contributed by atoms with Gasteiger partial charge in [-0.25, -0.2) is 0 Å². The molecule has 0 atom stereocenters. The van der Waals surface area contributed by atoms with Crippen LogP contribution in [-0.2, 0) is 0 Å². The molecular formula is C7H14N2. The molecule has 1 aliphatic heterocycles. The molecule has 0 aliphatic carbocycles. The molecule has 0 unspecified atom stereocenters. The van der Waals surface area contributed by atoms with E-state index in [0.717, 1.165) is 0 Å². The smallest absolute Gasteiger partial charge is 0.0768 e. The molecule has 0 aromatic rings. The number of rotatable bonds is 0. The fraction of sp³-hybridized carbons (Fsp3) is 0.857. The van der Waals surface area contributed by atoms with Gasteiger partial charge in [0.05, 0.1) is 20.1 Å². The van der Waals surface area contributed by atoms with Crippen LogP contribution >= 0.6 is 0 Å². The van der Waals surface area contributed by atoms with Gasteiger partial charge in [0, 0.05) is 0 Å². The van der Waals surface area contributed by atoms with Crippen molar-refractivity contribution in [2.75, 3.05) is 20.1 Å². The van der Waals surface area contributed by atoms with Crippen LogP contribution in [0.1, 0.15) is 19.3 Å². The third-order valence-corrected chi connectivity index (χ3v) is 1.71. The molecule has 1 aliphatic rings. The van der Waals surface area contributed by atoms with Gasteiger partial charge in [-0.05, 0) is 19.3 Å². The topological polar surface area (TPSA) is 28.2 Å². The summed E-state index contributed by atoms with van der Waals surface area (Å²) in [5, 5.41) is 6.25. The van der Waals surface area contributed by atoms with Crippen molar-refractivity contribution in [3.05, 3.63) is 6.57 Å². The van der Waals surface area contributed by atoms with Gasteiger partial charge in [-0.1, -0.05) is 0 Å². The Morgan fingerprint density at radius 3 is 1.78 bits per heavy atom. The summed E-state index contributed by atoms with van der Waals surface area (Å²) < 4.78 is 0. The third kappa shape index (κ3) is 3.99. The van der Waals surface area contributed by atoms with E-state index in [1.165, 1.54) is 32.4 Å². The average molecular weight is 126 g/mol. The van der Waals surface area contributed by atoms with Crippen LogP contribution in [-0.4, -0.2) is 20.1 Å². The largest absolute Gasteiger partial charge is 0.512 e. The first-order chi connectivity index (χ1) is 4.39. The molecule has 0 amide bonds. The Bertz CT molecular complexity index is 72.2. The normalized spacial score (nSPS) is 19.9. The van der Waals surface area contributed by atoms with E-state index in [-0.39, 0.29) is 0 Å². The second-order valence-electron chi connectivity index (χ2n) is 2.52. The van der Waals surface area contributed by atoms with Gasteiger partial charge in [-0.2, -0.15) is 0 Å². The van der Waals surface area contributed by atoms with Gasteiger partial charge in [-0.15, -0.1) is 0 Å². The van der Waals surface area contributed by atoms with E-state index in [2.05, 4.69) is 7.05 Å². The Hall–Kier alpha value is -0.550. The first-order valence-corrected chi connectivity index (χ1v) is 3.43. The molecule has 0 spiro atoms. The Morgan fingerprint density at radius 1 is 1.11 bits per heavy atom. The van der Waals surface area contributed by atoms with Crippen molar-refractivity contribution in [1.82, 2.24) is 0 Å². The van der Waals surface area contributed by atoms with Gasteiger partial charge >= 0.3 is 0 Å². The van der Waals surface area contributed by atoms with Crippen molar-refractivity contribution in [3.8, 4) is 0 Å². The van der Waals surface area contributed by atoms with Crippen molar-refractivity contribution in [3.63, 3.8) is 0 Å². The van der Waals surface area contributed by atoms with E-state index in [1.54, 1.807) is 4.90 Å². The molecule has 1 N–H and O–H groups in total. The van der Waals surface area contributed by atoms with Crippen molar-refractivity contribution >= 4 is 0 Å². The maximum Gasteiger partial charge on any atom is 0.0768 e. The van der Waals surface area contributed by atoms with Crippen LogP contribution in [0.3, 0.4) is 0 Å². The van der Waals surface area contributed by atoms with Gasteiger partial charge in [0.1, 0.15) is 0 Å². The molecule has 1 rings (SSSR count). The monoisotopic (exact) mass is 126 g/mol. The Morgan fingerprint density at radius 2 is 1.56 bits per heavy atom. The summed E-state index contributed by atoms with van der Waals surface area (Å²) in [6, 6.07) is 0. The van der Waals surface area contributed by atoms with Gasteiger partial charge in [0.25, 0.3) is 0 Å². The molecule has 1 fully saturated rings. The van der Waals surface area contributed by atoms with Crippen molar-refractivity contribution < 1.29 is 4.90 Å². The predicted molar refractivity (Wildman–Crippen MR) is 35.4 cm³/mol. The molecule has 1 saturated heterocycles. The summed E-state index contributed by atoms with van der Waals surface area (Å²) in [5.41, 5.74) is 0. The number of piperidine rings is 1. The maximum atomic E-state index is 6.25. The SMILES string of the molecule is C[NH+]1CCCCC1.[C-]#N. The quantitative estimate of drug-likeness (QED) is 0.447. The Labute approximate surface area is 57.1 Å². The molecule has 9 heavy (non-hydrogen) atoms. The van der Waals surface area contributed by atoms with Crippen LogP contribution in [0.25, 0.3) is 0 Å². The second-order valence-corrected chi connectivity index (χ2v) is 2.52. The number of hydrogen-bond donors (Lipinski definition) is 1. The van der Waals surface area contributed by atoms with E-state index >= 15 is 0 Å². The second kappa shape index (κ2) is 5.58. The van der Waals surface area contributed by atoms with E-state index in [4.69, 9.17) is 11.8 Å². The zero-order valence-corrected chi connectivity index (χ0v) is 5.98. The molecule has 0 aromatic heterocycles. The first kappa shape index (κ1) is 8.45. The molecule has 52 valence electrons. The van der Waals surface area contributed by atoms with Crippen molar-refractivity contribution in [1.29, 1.82) is 5.26 Å². The van der Waals surface area contributed by atoms with Crippen molar-refractivity contribution in [2.24, 2.45) is 0 Å². The van der Waals surface area contributed by atoms with Crippen LogP contribution in [0, 0.1) is 11.8 Å². The lowest BCUT2D eigenvalue weighted by molar-refractivity contribution is -0.884. The summed E-state index contributed by atoms with van der Waals surface area (Å²) >= 11 is 0. The van der Waals surface area contributed by atoms with E-state index in [0.29, 0.717) is 0 Å². The summed E-state index contributed by atoms with van der Waals surface area (Å²) in [4.78, 5) is 1.71. The molecule has 0 aromatic carbocycles. The fourth-order valence-electron chi connectivity index (χ4n) is 1.16. The predicted octanol–water partition coefficient (Wildman–Crippen LogP) is -0.219. The molecule has 0 radical (unpaired) electrons. The van der Waals surface area contributed by atoms with E-state index in [9.17, 15) is 0 Å². The average Bonchev–Trinajstić information content (AvgIpc) is 1.94. The van der Waals surface area contributed by atoms with Gasteiger partial charge in [0.15, 0.2) is 0 Å². The Balaban J connectivity index is 0.000000291. The zero-order chi connectivity index (χ0) is 7.11. The van der Waals surface area contributed by atoms with Crippen LogP contribution in [0.5, 0.6) is 0 Å². The zero-order valence-electron chi connectivity index (χ0n) is 5.98. The summed E-state index contributed by atoms with van der Waals surface area (Å²) in [7, 11) is 2.28. The van der Waals surface area contributed by atoms with Crippen molar-refractivity contribution in [2.45, 2.75) is 19.3 Å². The van der Waals surface area contributed by atoms with Gasteiger partial charge in [0.2, 0.25) is 0 Å². The minimum Gasteiger partial charge on any atom is -0.512 e.